The summed E-state index contributed by atoms with van der Waals surface area (Å²) in [5.41, 5.74) is -0.154. The molecule has 0 saturated carbocycles. The quantitative estimate of drug-likeness (QED) is 0.472. The second-order valence-electron chi connectivity index (χ2n) is 7.34. The zero-order valence-electron chi connectivity index (χ0n) is 19.4. The predicted octanol–water partition coefficient (Wildman–Crippen LogP) is 3.23. The average molecular weight is 426 g/mol. The molecular formula is C22H35NO7. The second-order valence-corrected chi connectivity index (χ2v) is 7.34. The Labute approximate surface area is 179 Å². The van der Waals surface area contributed by atoms with Gasteiger partial charge in [0.2, 0.25) is 5.75 Å². The summed E-state index contributed by atoms with van der Waals surface area (Å²) in [5, 5.41) is 0. The van der Waals surface area contributed by atoms with E-state index in [1.807, 2.05) is 37.9 Å². The number of methoxy groups -OCH3 is 3. The topological polar surface area (TPSA) is 83.5 Å². The van der Waals surface area contributed by atoms with Crippen molar-refractivity contribution in [3.05, 3.63) is 17.7 Å². The molecule has 1 rings (SSSR count). The minimum Gasteiger partial charge on any atom is -0.493 e. The monoisotopic (exact) mass is 425 g/mol. The van der Waals surface area contributed by atoms with Crippen molar-refractivity contribution in [2.24, 2.45) is 5.41 Å². The van der Waals surface area contributed by atoms with E-state index in [1.165, 1.54) is 21.3 Å². The summed E-state index contributed by atoms with van der Waals surface area (Å²) in [4.78, 5) is 26.6. The highest BCUT2D eigenvalue weighted by atomic mass is 16.5. The zero-order chi connectivity index (χ0) is 22.9. The number of carbonyl (C=O) groups excluding carboxylic acids is 2. The van der Waals surface area contributed by atoms with E-state index >= 15 is 0 Å². The number of nitrogens with zero attached hydrogens (tertiary/aromatic N) is 1. The standard InChI is InChI=1S/C22H35NO7/c1-9-29-18(24)11-12-23(5)20(22(3,4)21(25)30-10-2)15-13-16(26-6)19(28-8)17(14-15)27-7/h13-14,20H,9-12H2,1-8H3. The van der Waals surface area contributed by atoms with Gasteiger partial charge in [0.25, 0.3) is 0 Å². The molecule has 8 heteroatoms. The molecule has 0 aliphatic heterocycles. The average Bonchev–Trinajstić information content (AvgIpc) is 2.71. The van der Waals surface area contributed by atoms with Crippen LogP contribution in [0.1, 0.15) is 45.7 Å². The Kier molecular flexibility index (Phi) is 9.92. The largest absolute Gasteiger partial charge is 0.493 e. The highest BCUT2D eigenvalue weighted by Gasteiger charge is 2.42. The van der Waals surface area contributed by atoms with E-state index < -0.39 is 11.5 Å². The number of ether oxygens (including phenoxy) is 5. The van der Waals surface area contributed by atoms with Crippen molar-refractivity contribution in [3.8, 4) is 17.2 Å². The number of benzene rings is 1. The van der Waals surface area contributed by atoms with E-state index in [-0.39, 0.29) is 25.0 Å². The van der Waals surface area contributed by atoms with Gasteiger partial charge in [0.1, 0.15) is 0 Å². The Morgan fingerprint density at radius 3 is 1.93 bits per heavy atom. The van der Waals surface area contributed by atoms with E-state index in [1.54, 1.807) is 13.8 Å². The van der Waals surface area contributed by atoms with Gasteiger partial charge >= 0.3 is 11.9 Å². The van der Waals surface area contributed by atoms with Crippen LogP contribution < -0.4 is 14.2 Å². The Bertz CT molecular complexity index is 692. The maximum Gasteiger partial charge on any atom is 0.313 e. The minimum absolute atomic E-state index is 0.199. The molecule has 0 fully saturated rings. The number of hydrogen-bond donors (Lipinski definition) is 0. The molecule has 0 aromatic heterocycles. The fourth-order valence-electron chi connectivity index (χ4n) is 3.54. The molecule has 0 spiro atoms. The van der Waals surface area contributed by atoms with E-state index in [0.717, 1.165) is 5.56 Å². The summed E-state index contributed by atoms with van der Waals surface area (Å²) in [6.45, 7) is 8.17. The van der Waals surface area contributed by atoms with Gasteiger partial charge in [0.05, 0.1) is 52.4 Å². The summed E-state index contributed by atoms with van der Waals surface area (Å²) in [7, 11) is 6.47. The second kappa shape index (κ2) is 11.6. The number of esters is 2. The lowest BCUT2D eigenvalue weighted by Gasteiger charge is -2.39. The van der Waals surface area contributed by atoms with Gasteiger partial charge in [-0.05, 0) is 52.4 Å². The van der Waals surface area contributed by atoms with E-state index in [4.69, 9.17) is 23.7 Å². The molecule has 170 valence electrons. The van der Waals surface area contributed by atoms with Crippen LogP contribution in [0, 0.1) is 5.41 Å². The van der Waals surface area contributed by atoms with Crippen LogP contribution in [0.4, 0.5) is 0 Å². The normalized spacial score (nSPS) is 12.3. The van der Waals surface area contributed by atoms with Gasteiger partial charge in [-0.2, -0.15) is 0 Å². The molecule has 0 amide bonds. The van der Waals surface area contributed by atoms with Crippen molar-refractivity contribution in [2.45, 2.75) is 40.2 Å². The van der Waals surface area contributed by atoms with Crippen LogP contribution in [0.5, 0.6) is 17.2 Å². The highest BCUT2D eigenvalue weighted by Crippen LogP contribution is 2.45. The number of carbonyl (C=O) groups is 2. The first-order valence-corrected chi connectivity index (χ1v) is 10.0. The van der Waals surface area contributed by atoms with Gasteiger partial charge in [-0.25, -0.2) is 0 Å². The van der Waals surface area contributed by atoms with Crippen LogP contribution in [0.2, 0.25) is 0 Å². The molecule has 0 aliphatic carbocycles. The fraction of sp³-hybridized carbons (Fsp3) is 0.636. The van der Waals surface area contributed by atoms with Crippen LogP contribution in [-0.2, 0) is 19.1 Å². The molecule has 0 radical (unpaired) electrons. The van der Waals surface area contributed by atoms with Crippen LogP contribution in [0.15, 0.2) is 12.1 Å². The van der Waals surface area contributed by atoms with Crippen LogP contribution in [0.25, 0.3) is 0 Å². The molecule has 0 saturated heterocycles. The molecule has 1 atom stereocenters. The molecule has 1 aromatic carbocycles. The Morgan fingerprint density at radius 1 is 0.967 bits per heavy atom. The number of rotatable bonds is 12. The van der Waals surface area contributed by atoms with Gasteiger partial charge in [-0.1, -0.05) is 0 Å². The lowest BCUT2D eigenvalue weighted by atomic mass is 9.79. The third kappa shape index (κ3) is 6.01. The first kappa shape index (κ1) is 25.6. The van der Waals surface area contributed by atoms with Crippen molar-refractivity contribution >= 4 is 11.9 Å². The van der Waals surface area contributed by atoms with E-state index in [2.05, 4.69) is 0 Å². The summed E-state index contributed by atoms with van der Waals surface area (Å²) in [6, 6.07) is 3.20. The van der Waals surface area contributed by atoms with Crippen molar-refractivity contribution < 1.29 is 33.3 Å². The van der Waals surface area contributed by atoms with E-state index in [9.17, 15) is 9.59 Å². The molecule has 1 aromatic rings. The minimum atomic E-state index is -0.927. The molecule has 0 bridgehead atoms. The van der Waals surface area contributed by atoms with Gasteiger partial charge in [0, 0.05) is 6.54 Å². The predicted molar refractivity (Wildman–Crippen MR) is 113 cm³/mol. The van der Waals surface area contributed by atoms with Crippen molar-refractivity contribution in [1.82, 2.24) is 4.90 Å². The third-order valence-corrected chi connectivity index (χ3v) is 4.90. The molecule has 0 aliphatic rings. The first-order valence-electron chi connectivity index (χ1n) is 10.0. The number of hydrogen-bond acceptors (Lipinski definition) is 8. The summed E-state index contributed by atoms with van der Waals surface area (Å²) < 4.78 is 26.8. The molecule has 0 heterocycles. The van der Waals surface area contributed by atoms with Crippen LogP contribution >= 0.6 is 0 Å². The molecule has 8 nitrogen and oxygen atoms in total. The Morgan fingerprint density at radius 2 is 1.50 bits per heavy atom. The van der Waals surface area contributed by atoms with Crippen molar-refractivity contribution in [1.29, 1.82) is 0 Å². The van der Waals surface area contributed by atoms with Gasteiger partial charge in [0.15, 0.2) is 11.5 Å². The zero-order valence-corrected chi connectivity index (χ0v) is 19.4. The summed E-state index contributed by atoms with van der Waals surface area (Å²) >= 11 is 0. The summed E-state index contributed by atoms with van der Waals surface area (Å²) in [5.74, 6) is 0.796. The maximum absolute atomic E-state index is 12.8. The molecule has 0 N–H and O–H groups in total. The Hall–Kier alpha value is -2.48. The lowest BCUT2D eigenvalue weighted by molar-refractivity contribution is -0.157. The molecule has 30 heavy (non-hydrogen) atoms. The van der Waals surface area contributed by atoms with Crippen molar-refractivity contribution in [2.75, 3.05) is 48.1 Å². The lowest BCUT2D eigenvalue weighted by Crippen LogP contribution is -2.42. The van der Waals surface area contributed by atoms with E-state index in [0.29, 0.717) is 30.4 Å². The maximum atomic E-state index is 12.8. The van der Waals surface area contributed by atoms with Crippen LogP contribution in [-0.4, -0.2) is 65.0 Å². The fourth-order valence-corrected chi connectivity index (χ4v) is 3.54. The van der Waals surface area contributed by atoms with Gasteiger partial charge in [-0.3, -0.25) is 14.5 Å². The molecule has 1 unspecified atom stereocenters. The van der Waals surface area contributed by atoms with Gasteiger partial charge < -0.3 is 23.7 Å². The van der Waals surface area contributed by atoms with Crippen LogP contribution in [0.3, 0.4) is 0 Å². The van der Waals surface area contributed by atoms with Gasteiger partial charge in [-0.15, -0.1) is 0 Å². The Balaban J connectivity index is 3.46. The smallest absolute Gasteiger partial charge is 0.313 e. The summed E-state index contributed by atoms with van der Waals surface area (Å²) in [6.07, 6.45) is 0.199. The first-order chi connectivity index (χ1) is 14.2. The molecular weight excluding hydrogens is 390 g/mol. The highest BCUT2D eigenvalue weighted by molar-refractivity contribution is 5.77. The SMILES string of the molecule is CCOC(=O)CCN(C)C(c1cc(OC)c(OC)c(OC)c1)C(C)(C)C(=O)OCC. The third-order valence-electron chi connectivity index (χ3n) is 4.90. The van der Waals surface area contributed by atoms with Crippen molar-refractivity contribution in [3.63, 3.8) is 0 Å².